The predicted octanol–water partition coefficient (Wildman–Crippen LogP) is 4.28. The largest absolute Gasteiger partial charge is 0.364 e. The average molecular weight is 241 g/mol. The molecule has 0 spiro atoms. The van der Waals surface area contributed by atoms with Crippen molar-refractivity contribution < 1.29 is 4.74 Å². The van der Waals surface area contributed by atoms with Gasteiger partial charge in [0.05, 0.1) is 6.10 Å². The van der Waals surface area contributed by atoms with Gasteiger partial charge >= 0.3 is 0 Å². The van der Waals surface area contributed by atoms with Crippen molar-refractivity contribution in [2.45, 2.75) is 64.4 Å². The third-order valence-electron chi connectivity index (χ3n) is 4.01. The maximum Gasteiger partial charge on any atom is 0.103 e. The van der Waals surface area contributed by atoms with Gasteiger partial charge in [0.2, 0.25) is 0 Å². The molecule has 2 rings (SSSR count). The Morgan fingerprint density at radius 2 is 2.00 bits per heavy atom. The van der Waals surface area contributed by atoms with Crippen LogP contribution < -0.4 is 0 Å². The summed E-state index contributed by atoms with van der Waals surface area (Å²) in [7, 11) is 0. The smallest absolute Gasteiger partial charge is 0.103 e. The molecule has 1 saturated carbocycles. The fraction of sp³-hybridized carbons (Fsp3) is 0.929. The summed E-state index contributed by atoms with van der Waals surface area (Å²) in [6.45, 7) is 6.93. The van der Waals surface area contributed by atoms with Crippen LogP contribution in [0.1, 0.15) is 52.9 Å². The fourth-order valence-corrected chi connectivity index (χ4v) is 4.14. The van der Waals surface area contributed by atoms with E-state index in [2.05, 4.69) is 20.8 Å². The first-order valence-electron chi connectivity index (χ1n) is 6.74. The third kappa shape index (κ3) is 3.16. The molecule has 16 heavy (non-hydrogen) atoms. The fourth-order valence-electron chi connectivity index (χ4n) is 2.99. The molecule has 0 aromatic carbocycles. The molecule has 4 atom stereocenters. The Morgan fingerprint density at radius 1 is 1.19 bits per heavy atom. The van der Waals surface area contributed by atoms with Gasteiger partial charge in [0.1, 0.15) is 5.44 Å². The molecule has 1 aliphatic carbocycles. The van der Waals surface area contributed by atoms with E-state index in [0.717, 1.165) is 11.8 Å². The van der Waals surface area contributed by atoms with Crippen LogP contribution in [0.2, 0.25) is 0 Å². The van der Waals surface area contributed by atoms with E-state index < -0.39 is 0 Å². The summed E-state index contributed by atoms with van der Waals surface area (Å²) in [4.78, 5) is 0. The molecule has 1 radical (unpaired) electrons. The first-order valence-corrected chi connectivity index (χ1v) is 7.79. The van der Waals surface area contributed by atoms with Gasteiger partial charge in [-0.05, 0) is 49.2 Å². The van der Waals surface area contributed by atoms with Gasteiger partial charge in [0.25, 0.3) is 0 Å². The molecule has 2 aliphatic rings. The number of hydrogen-bond acceptors (Lipinski definition) is 2. The van der Waals surface area contributed by atoms with Gasteiger partial charge in [-0.15, -0.1) is 11.8 Å². The van der Waals surface area contributed by atoms with Crippen molar-refractivity contribution in [3.8, 4) is 0 Å². The van der Waals surface area contributed by atoms with Gasteiger partial charge in [0.15, 0.2) is 0 Å². The summed E-state index contributed by atoms with van der Waals surface area (Å²) in [6, 6.07) is 0. The first kappa shape index (κ1) is 12.8. The summed E-state index contributed by atoms with van der Waals surface area (Å²) in [6.07, 6.45) is 7.11. The molecule has 0 N–H and O–H groups in total. The van der Waals surface area contributed by atoms with Crippen molar-refractivity contribution in [1.29, 1.82) is 0 Å². The zero-order valence-corrected chi connectivity index (χ0v) is 11.7. The minimum Gasteiger partial charge on any atom is -0.364 e. The highest BCUT2D eigenvalue weighted by molar-refractivity contribution is 8.00. The molecule has 1 aliphatic heterocycles. The van der Waals surface area contributed by atoms with E-state index in [1.165, 1.54) is 37.9 Å². The molecule has 2 heteroatoms. The van der Waals surface area contributed by atoms with Crippen LogP contribution in [0.4, 0.5) is 0 Å². The Labute approximate surface area is 105 Å². The highest BCUT2D eigenvalue weighted by Gasteiger charge is 2.33. The molecule has 1 heterocycles. The van der Waals surface area contributed by atoms with Crippen molar-refractivity contribution in [2.75, 3.05) is 5.75 Å². The molecule has 93 valence electrons. The van der Waals surface area contributed by atoms with E-state index in [1.54, 1.807) is 5.92 Å². The topological polar surface area (TPSA) is 9.23 Å². The minimum absolute atomic E-state index is 0.497. The van der Waals surface area contributed by atoms with Crippen molar-refractivity contribution >= 4 is 11.8 Å². The van der Waals surface area contributed by atoms with Gasteiger partial charge in [-0.25, -0.2) is 0 Å². The van der Waals surface area contributed by atoms with Gasteiger partial charge in [-0.3, -0.25) is 0 Å². The van der Waals surface area contributed by atoms with Gasteiger partial charge in [-0.2, -0.15) is 0 Å². The lowest BCUT2D eigenvalue weighted by atomic mass is 9.75. The summed E-state index contributed by atoms with van der Waals surface area (Å²) in [5, 5.41) is 0. The standard InChI is InChI=1S/C14H25OS/c1-10(2)12-7-6-11(3)9-13(12)15-14-5-4-8-16-14/h11-14H,4-9H2,1-3H3. The first-order chi connectivity index (χ1) is 7.66. The van der Waals surface area contributed by atoms with Crippen LogP contribution in [0.3, 0.4) is 0 Å². The maximum absolute atomic E-state index is 6.34. The Kier molecular flexibility index (Phi) is 4.60. The number of thioether (sulfide) groups is 1. The normalized spacial score (nSPS) is 40.5. The summed E-state index contributed by atoms with van der Waals surface area (Å²) >= 11 is 2.02. The van der Waals surface area contributed by atoms with Crippen LogP contribution in [0.5, 0.6) is 0 Å². The highest BCUT2D eigenvalue weighted by atomic mass is 32.2. The Morgan fingerprint density at radius 3 is 2.62 bits per heavy atom. The van der Waals surface area contributed by atoms with Crippen LogP contribution in [0.25, 0.3) is 0 Å². The van der Waals surface area contributed by atoms with Crippen LogP contribution in [-0.2, 0) is 4.74 Å². The lowest BCUT2D eigenvalue weighted by Crippen LogP contribution is -2.35. The molecule has 1 saturated heterocycles. The van der Waals surface area contributed by atoms with Gasteiger partial charge in [-0.1, -0.05) is 27.2 Å². The van der Waals surface area contributed by atoms with Crippen LogP contribution in [-0.4, -0.2) is 17.3 Å². The number of rotatable bonds is 3. The molecule has 0 aromatic rings. The summed E-state index contributed by atoms with van der Waals surface area (Å²) in [5.41, 5.74) is 0.497. The Hall–Kier alpha value is 0.310. The highest BCUT2D eigenvalue weighted by Crippen LogP contribution is 2.39. The minimum atomic E-state index is 0.497. The van der Waals surface area contributed by atoms with Crippen molar-refractivity contribution in [3.63, 3.8) is 0 Å². The second kappa shape index (κ2) is 5.77. The Balaban J connectivity index is 1.91. The second-order valence-corrected chi connectivity index (χ2v) is 6.99. The predicted molar refractivity (Wildman–Crippen MR) is 71.4 cm³/mol. The lowest BCUT2D eigenvalue weighted by molar-refractivity contribution is -0.0317. The average Bonchev–Trinajstić information content (AvgIpc) is 2.70. The molecule has 0 amide bonds. The van der Waals surface area contributed by atoms with Gasteiger partial charge < -0.3 is 4.74 Å². The molecule has 2 fully saturated rings. The summed E-state index contributed by atoms with van der Waals surface area (Å²) in [5.74, 6) is 4.44. The molecule has 4 unspecified atom stereocenters. The third-order valence-corrected chi connectivity index (χ3v) is 5.25. The number of ether oxygens (including phenoxy) is 1. The second-order valence-electron chi connectivity index (χ2n) is 5.72. The van der Waals surface area contributed by atoms with Crippen molar-refractivity contribution in [3.05, 3.63) is 5.92 Å². The molecular formula is C14H25OS. The van der Waals surface area contributed by atoms with Crippen molar-refractivity contribution in [2.24, 2.45) is 11.8 Å². The summed E-state index contributed by atoms with van der Waals surface area (Å²) < 4.78 is 6.34. The molecule has 0 aromatic heterocycles. The Bertz CT molecular complexity index is 211. The van der Waals surface area contributed by atoms with Crippen molar-refractivity contribution in [1.82, 2.24) is 0 Å². The molecule has 0 bridgehead atoms. The monoisotopic (exact) mass is 241 g/mol. The van der Waals surface area contributed by atoms with E-state index in [4.69, 9.17) is 4.74 Å². The van der Waals surface area contributed by atoms with Gasteiger partial charge in [0, 0.05) is 0 Å². The number of hydrogen-bond donors (Lipinski definition) is 0. The zero-order valence-electron chi connectivity index (χ0n) is 10.9. The van der Waals surface area contributed by atoms with Crippen LogP contribution in [0.15, 0.2) is 0 Å². The van der Waals surface area contributed by atoms with E-state index in [0.29, 0.717) is 11.5 Å². The molecular weight excluding hydrogens is 216 g/mol. The van der Waals surface area contributed by atoms with E-state index in [1.807, 2.05) is 11.8 Å². The van der Waals surface area contributed by atoms with Crippen LogP contribution in [0, 0.1) is 17.8 Å². The van der Waals surface area contributed by atoms with E-state index >= 15 is 0 Å². The van der Waals surface area contributed by atoms with E-state index in [9.17, 15) is 0 Å². The van der Waals surface area contributed by atoms with E-state index in [-0.39, 0.29) is 0 Å². The quantitative estimate of drug-likeness (QED) is 0.729. The SMILES string of the molecule is C[C](C)C1CCC(C)CC1OC1CCCS1. The molecule has 1 nitrogen and oxygen atoms in total. The lowest BCUT2D eigenvalue weighted by Gasteiger charge is -2.38. The zero-order chi connectivity index (χ0) is 11.5. The maximum atomic E-state index is 6.34. The van der Waals surface area contributed by atoms with Crippen LogP contribution >= 0.6 is 11.8 Å².